The van der Waals surface area contributed by atoms with Gasteiger partial charge in [-0.05, 0) is 30.5 Å². The smallest absolute Gasteiger partial charge is 0.0595 e. The summed E-state index contributed by atoms with van der Waals surface area (Å²) in [4.78, 5) is 0. The van der Waals surface area contributed by atoms with Crippen LogP contribution in [0.1, 0.15) is 31.2 Å². The third-order valence-corrected chi connectivity index (χ3v) is 4.55. The summed E-state index contributed by atoms with van der Waals surface area (Å²) in [5.74, 6) is 0. The van der Waals surface area contributed by atoms with E-state index in [-0.39, 0.29) is 12.0 Å². The zero-order valence-electron chi connectivity index (χ0n) is 10.4. The second-order valence-electron chi connectivity index (χ2n) is 5.22. The van der Waals surface area contributed by atoms with Crippen molar-refractivity contribution in [3.8, 4) is 0 Å². The highest BCUT2D eigenvalue weighted by Crippen LogP contribution is 2.36. The van der Waals surface area contributed by atoms with Crippen molar-refractivity contribution < 1.29 is 5.11 Å². The van der Waals surface area contributed by atoms with Gasteiger partial charge in [0.2, 0.25) is 0 Å². The van der Waals surface area contributed by atoms with Crippen LogP contribution in [0.5, 0.6) is 0 Å². The lowest BCUT2D eigenvalue weighted by Gasteiger charge is -2.26. The fraction of sp³-hybridized carbons (Fsp3) is 0.571. The molecule has 0 saturated heterocycles. The van der Waals surface area contributed by atoms with Crippen molar-refractivity contribution in [2.75, 3.05) is 13.2 Å². The zero-order valence-corrected chi connectivity index (χ0v) is 11.9. The molecule has 1 aliphatic carbocycles. The van der Waals surface area contributed by atoms with Crippen LogP contribution in [0.15, 0.2) is 18.2 Å². The van der Waals surface area contributed by atoms with Gasteiger partial charge in [0.15, 0.2) is 0 Å². The molecular formula is C14H19Cl2NO. The second kappa shape index (κ2) is 6.25. The van der Waals surface area contributed by atoms with Gasteiger partial charge < -0.3 is 10.4 Å². The number of rotatable bonds is 5. The van der Waals surface area contributed by atoms with Crippen molar-refractivity contribution in [3.05, 3.63) is 33.8 Å². The molecule has 0 radical (unpaired) electrons. The van der Waals surface area contributed by atoms with Gasteiger partial charge in [0.05, 0.1) is 10.0 Å². The van der Waals surface area contributed by atoms with Crippen LogP contribution >= 0.6 is 23.2 Å². The minimum atomic E-state index is 0.0935. The van der Waals surface area contributed by atoms with E-state index in [1.54, 1.807) is 0 Å². The molecule has 100 valence electrons. The first-order valence-electron chi connectivity index (χ1n) is 6.41. The highest BCUT2D eigenvalue weighted by molar-refractivity contribution is 6.42. The molecule has 0 aliphatic heterocycles. The molecule has 18 heavy (non-hydrogen) atoms. The lowest BCUT2D eigenvalue weighted by Crippen LogP contribution is -2.34. The van der Waals surface area contributed by atoms with E-state index in [2.05, 4.69) is 5.32 Å². The Morgan fingerprint density at radius 1 is 1.17 bits per heavy atom. The lowest BCUT2D eigenvalue weighted by atomic mass is 9.87. The summed E-state index contributed by atoms with van der Waals surface area (Å²) in [7, 11) is 0. The largest absolute Gasteiger partial charge is 0.396 e. The predicted octanol–water partition coefficient (Wildman–Crippen LogP) is 3.64. The van der Waals surface area contributed by atoms with Crippen LogP contribution in [0.4, 0.5) is 0 Å². The quantitative estimate of drug-likeness (QED) is 0.867. The molecule has 4 heteroatoms. The summed E-state index contributed by atoms with van der Waals surface area (Å²) >= 11 is 11.9. The van der Waals surface area contributed by atoms with Crippen molar-refractivity contribution in [1.82, 2.24) is 5.32 Å². The molecule has 1 saturated carbocycles. The van der Waals surface area contributed by atoms with Crippen molar-refractivity contribution in [3.63, 3.8) is 0 Å². The summed E-state index contributed by atoms with van der Waals surface area (Å²) in [6.07, 6.45) is 4.71. The first kappa shape index (κ1) is 14.1. The van der Waals surface area contributed by atoms with Gasteiger partial charge in [0.25, 0.3) is 0 Å². The fourth-order valence-electron chi connectivity index (χ4n) is 2.64. The van der Waals surface area contributed by atoms with Crippen LogP contribution in [-0.2, 0) is 6.54 Å². The molecule has 0 spiro atoms. The van der Waals surface area contributed by atoms with Crippen LogP contribution in [0.3, 0.4) is 0 Å². The first-order valence-corrected chi connectivity index (χ1v) is 7.16. The van der Waals surface area contributed by atoms with Crippen molar-refractivity contribution in [2.45, 2.75) is 32.2 Å². The Bertz CT molecular complexity index is 403. The third-order valence-electron chi connectivity index (χ3n) is 3.81. The number of aliphatic hydroxyl groups excluding tert-OH is 1. The second-order valence-corrected chi connectivity index (χ2v) is 6.03. The van der Waals surface area contributed by atoms with Gasteiger partial charge in [-0.1, -0.05) is 42.1 Å². The van der Waals surface area contributed by atoms with E-state index in [1.165, 1.54) is 12.8 Å². The third kappa shape index (κ3) is 3.39. The van der Waals surface area contributed by atoms with Crippen LogP contribution < -0.4 is 5.32 Å². The molecule has 1 aromatic carbocycles. The normalized spacial score (nSPS) is 18.2. The van der Waals surface area contributed by atoms with E-state index in [9.17, 15) is 5.11 Å². The lowest BCUT2D eigenvalue weighted by molar-refractivity contribution is 0.128. The molecule has 0 unspecified atom stereocenters. The van der Waals surface area contributed by atoms with E-state index >= 15 is 0 Å². The van der Waals surface area contributed by atoms with Gasteiger partial charge in [0, 0.05) is 25.1 Å². The minimum Gasteiger partial charge on any atom is -0.396 e. The van der Waals surface area contributed by atoms with E-state index in [0.29, 0.717) is 10.0 Å². The Labute approximate surface area is 118 Å². The molecule has 2 rings (SSSR count). The number of aliphatic hydroxyl groups is 1. The molecule has 0 aromatic heterocycles. The van der Waals surface area contributed by atoms with Crippen molar-refractivity contribution in [1.29, 1.82) is 0 Å². The number of hydrogen-bond donors (Lipinski definition) is 2. The highest BCUT2D eigenvalue weighted by atomic mass is 35.5. The molecule has 0 atom stereocenters. The first-order chi connectivity index (χ1) is 8.65. The fourth-order valence-corrected chi connectivity index (χ4v) is 2.96. The van der Waals surface area contributed by atoms with Crippen LogP contribution in [0, 0.1) is 5.41 Å². The molecule has 0 heterocycles. The van der Waals surface area contributed by atoms with Gasteiger partial charge >= 0.3 is 0 Å². The molecule has 2 nitrogen and oxygen atoms in total. The maximum atomic E-state index is 9.52. The number of benzene rings is 1. The Hall–Kier alpha value is -0.280. The zero-order chi connectivity index (χ0) is 13.0. The molecular weight excluding hydrogens is 269 g/mol. The maximum absolute atomic E-state index is 9.52. The van der Waals surface area contributed by atoms with E-state index in [1.807, 2.05) is 18.2 Å². The molecule has 1 aliphatic rings. The van der Waals surface area contributed by atoms with Crippen LogP contribution in [0.25, 0.3) is 0 Å². The van der Waals surface area contributed by atoms with Gasteiger partial charge in [0.1, 0.15) is 0 Å². The highest BCUT2D eigenvalue weighted by Gasteiger charge is 2.32. The topological polar surface area (TPSA) is 32.3 Å². The maximum Gasteiger partial charge on any atom is 0.0595 e. The summed E-state index contributed by atoms with van der Waals surface area (Å²) < 4.78 is 0. The summed E-state index contributed by atoms with van der Waals surface area (Å²) in [5, 5.41) is 14.1. The van der Waals surface area contributed by atoms with E-state index in [0.717, 1.165) is 31.5 Å². The molecule has 1 aromatic rings. The van der Waals surface area contributed by atoms with Crippen molar-refractivity contribution in [2.24, 2.45) is 5.41 Å². The van der Waals surface area contributed by atoms with Gasteiger partial charge in [-0.3, -0.25) is 0 Å². The SMILES string of the molecule is OCC1(CNCc2ccc(Cl)c(Cl)c2)CCCC1. The average Bonchev–Trinajstić information content (AvgIpc) is 2.83. The summed E-state index contributed by atoms with van der Waals surface area (Å²) in [5.41, 5.74) is 1.21. The number of hydrogen-bond acceptors (Lipinski definition) is 2. The van der Waals surface area contributed by atoms with Gasteiger partial charge in [-0.25, -0.2) is 0 Å². The van der Waals surface area contributed by atoms with E-state index in [4.69, 9.17) is 23.2 Å². The predicted molar refractivity (Wildman–Crippen MR) is 76.2 cm³/mol. The molecule has 0 amide bonds. The summed E-state index contributed by atoms with van der Waals surface area (Å²) in [6.45, 7) is 1.91. The van der Waals surface area contributed by atoms with Gasteiger partial charge in [-0.2, -0.15) is 0 Å². The monoisotopic (exact) mass is 287 g/mol. The average molecular weight is 288 g/mol. The Morgan fingerprint density at radius 2 is 1.89 bits per heavy atom. The van der Waals surface area contributed by atoms with Crippen molar-refractivity contribution >= 4 is 23.2 Å². The van der Waals surface area contributed by atoms with Crippen LogP contribution in [0.2, 0.25) is 10.0 Å². The molecule has 0 bridgehead atoms. The van der Waals surface area contributed by atoms with Crippen LogP contribution in [-0.4, -0.2) is 18.3 Å². The Kier molecular flexibility index (Phi) is 4.91. The standard InChI is InChI=1S/C14H19Cl2NO/c15-12-4-3-11(7-13(12)16)8-17-9-14(10-18)5-1-2-6-14/h3-4,7,17-18H,1-2,5-6,8-10H2. The Morgan fingerprint density at radius 3 is 2.50 bits per heavy atom. The molecule has 1 fully saturated rings. The number of halogens is 2. The minimum absolute atomic E-state index is 0.0935. The summed E-state index contributed by atoms with van der Waals surface area (Å²) in [6, 6.07) is 5.68. The van der Waals surface area contributed by atoms with E-state index < -0.39 is 0 Å². The molecule has 2 N–H and O–H groups in total. The van der Waals surface area contributed by atoms with Gasteiger partial charge in [-0.15, -0.1) is 0 Å². The Balaban J connectivity index is 1.86. The number of nitrogens with one attached hydrogen (secondary N) is 1.